The summed E-state index contributed by atoms with van der Waals surface area (Å²) in [5.41, 5.74) is 5.67. The number of allylic oxidation sites excluding steroid dienone is 3. The van der Waals surface area contributed by atoms with Gasteiger partial charge in [0.2, 0.25) is 0 Å². The van der Waals surface area contributed by atoms with Gasteiger partial charge in [0, 0.05) is 5.56 Å². The highest BCUT2D eigenvalue weighted by atomic mass is 14.3. The van der Waals surface area contributed by atoms with Crippen molar-refractivity contribution in [2.24, 2.45) is 5.41 Å². The van der Waals surface area contributed by atoms with Gasteiger partial charge in [-0.05, 0) is 61.8 Å². The first-order valence-corrected chi connectivity index (χ1v) is 7.44. The molecule has 0 bridgehead atoms. The van der Waals surface area contributed by atoms with Gasteiger partial charge < -0.3 is 0 Å². The van der Waals surface area contributed by atoms with E-state index in [-0.39, 0.29) is 0 Å². The van der Waals surface area contributed by atoms with Crippen molar-refractivity contribution in [3.63, 3.8) is 0 Å². The molecule has 1 aliphatic rings. The molecule has 0 atom stereocenters. The summed E-state index contributed by atoms with van der Waals surface area (Å²) in [4.78, 5) is 0. The van der Waals surface area contributed by atoms with Crippen molar-refractivity contribution < 1.29 is 0 Å². The molecular formula is C20H24. The van der Waals surface area contributed by atoms with Crippen LogP contribution in [-0.2, 0) is 0 Å². The Bertz CT molecular complexity index is 600. The summed E-state index contributed by atoms with van der Waals surface area (Å²) in [5, 5.41) is 0. The third-order valence-corrected chi connectivity index (χ3v) is 4.14. The highest BCUT2D eigenvalue weighted by molar-refractivity contribution is 5.57. The van der Waals surface area contributed by atoms with Crippen LogP contribution in [0.4, 0.5) is 0 Å². The van der Waals surface area contributed by atoms with E-state index in [1.807, 2.05) is 6.92 Å². The average molecular weight is 264 g/mol. The van der Waals surface area contributed by atoms with Crippen LogP contribution in [0.15, 0.2) is 41.5 Å². The Morgan fingerprint density at radius 1 is 1.20 bits per heavy atom. The minimum Gasteiger partial charge on any atom is -0.101 e. The molecule has 104 valence electrons. The van der Waals surface area contributed by atoms with E-state index in [1.165, 1.54) is 30.4 Å². The van der Waals surface area contributed by atoms with E-state index >= 15 is 0 Å². The lowest BCUT2D eigenvalue weighted by Crippen LogP contribution is -2.18. The maximum absolute atomic E-state index is 3.11. The first-order chi connectivity index (χ1) is 9.53. The summed E-state index contributed by atoms with van der Waals surface area (Å²) in [6.45, 7) is 8.86. The van der Waals surface area contributed by atoms with Crippen LogP contribution in [0.25, 0.3) is 6.08 Å². The fourth-order valence-corrected chi connectivity index (χ4v) is 3.05. The maximum atomic E-state index is 3.11. The monoisotopic (exact) mass is 264 g/mol. The maximum Gasteiger partial charge on any atom is 0.0251 e. The van der Waals surface area contributed by atoms with Gasteiger partial charge in [0.1, 0.15) is 0 Å². The Morgan fingerprint density at radius 2 is 2.00 bits per heavy atom. The number of rotatable bonds is 2. The molecule has 1 aliphatic carbocycles. The van der Waals surface area contributed by atoms with E-state index in [9.17, 15) is 0 Å². The zero-order chi connectivity index (χ0) is 14.6. The molecule has 0 unspecified atom stereocenters. The highest BCUT2D eigenvalue weighted by Crippen LogP contribution is 2.40. The number of hydrogen-bond donors (Lipinski definition) is 0. The summed E-state index contributed by atoms with van der Waals surface area (Å²) < 4.78 is 0. The molecule has 0 aromatic heterocycles. The normalized spacial score (nSPS) is 18.0. The van der Waals surface area contributed by atoms with E-state index in [0.717, 1.165) is 5.56 Å². The molecule has 1 aromatic rings. The molecule has 0 fully saturated rings. The largest absolute Gasteiger partial charge is 0.101 e. The van der Waals surface area contributed by atoms with Crippen molar-refractivity contribution in [1.82, 2.24) is 0 Å². The molecule has 0 saturated heterocycles. The van der Waals surface area contributed by atoms with Gasteiger partial charge in [-0.3, -0.25) is 0 Å². The summed E-state index contributed by atoms with van der Waals surface area (Å²) in [6.07, 6.45) is 8.38. The van der Waals surface area contributed by atoms with Crippen LogP contribution in [0.2, 0.25) is 0 Å². The fourth-order valence-electron chi connectivity index (χ4n) is 3.05. The molecule has 1 aromatic carbocycles. The Balaban J connectivity index is 2.28. The topological polar surface area (TPSA) is 0 Å². The molecule has 2 rings (SSSR count). The van der Waals surface area contributed by atoms with E-state index in [1.54, 1.807) is 5.57 Å². The zero-order valence-corrected chi connectivity index (χ0v) is 13.1. The molecule has 0 heteroatoms. The van der Waals surface area contributed by atoms with Gasteiger partial charge in [0.05, 0.1) is 0 Å². The Kier molecular flexibility index (Phi) is 4.50. The van der Waals surface area contributed by atoms with E-state index in [2.05, 4.69) is 69.0 Å². The minimum absolute atomic E-state index is 0.305. The van der Waals surface area contributed by atoms with Crippen LogP contribution < -0.4 is 0 Å². The van der Waals surface area contributed by atoms with Crippen molar-refractivity contribution in [2.75, 3.05) is 0 Å². The van der Waals surface area contributed by atoms with Gasteiger partial charge in [-0.1, -0.05) is 49.6 Å². The highest BCUT2D eigenvalue weighted by Gasteiger charge is 2.26. The van der Waals surface area contributed by atoms with E-state index < -0.39 is 0 Å². The quantitative estimate of drug-likeness (QED) is 0.610. The predicted molar refractivity (Wildman–Crippen MR) is 88.4 cm³/mol. The fraction of sp³-hybridized carbons (Fsp3) is 0.400. The molecule has 0 radical (unpaired) electrons. The van der Waals surface area contributed by atoms with Gasteiger partial charge in [-0.25, -0.2) is 0 Å². The van der Waals surface area contributed by atoms with Gasteiger partial charge in [-0.15, -0.1) is 5.92 Å². The minimum atomic E-state index is 0.305. The molecule has 0 heterocycles. The second-order valence-electron chi connectivity index (χ2n) is 6.27. The van der Waals surface area contributed by atoms with Crippen LogP contribution in [0, 0.1) is 17.3 Å². The van der Waals surface area contributed by atoms with E-state index in [4.69, 9.17) is 0 Å². The lowest BCUT2D eigenvalue weighted by Gasteiger charge is -2.32. The molecule has 0 aliphatic heterocycles. The third kappa shape index (κ3) is 3.42. The summed E-state index contributed by atoms with van der Waals surface area (Å²) in [5.74, 6) is 6.07. The van der Waals surface area contributed by atoms with Gasteiger partial charge in [-0.2, -0.15) is 0 Å². The van der Waals surface area contributed by atoms with Crippen molar-refractivity contribution >= 4 is 6.08 Å². The number of benzene rings is 1. The predicted octanol–water partition coefficient (Wildman–Crippen LogP) is 5.60. The first kappa shape index (κ1) is 14.7. The lowest BCUT2D eigenvalue weighted by molar-refractivity contribution is 0.377. The third-order valence-electron chi connectivity index (χ3n) is 4.14. The summed E-state index contributed by atoms with van der Waals surface area (Å²) in [6, 6.07) is 8.43. The molecule has 0 N–H and O–H groups in total. The van der Waals surface area contributed by atoms with Crippen molar-refractivity contribution in [2.45, 2.75) is 47.0 Å². The Labute approximate surface area is 123 Å². The van der Waals surface area contributed by atoms with Gasteiger partial charge >= 0.3 is 0 Å². The van der Waals surface area contributed by atoms with Crippen molar-refractivity contribution in [1.29, 1.82) is 0 Å². The van der Waals surface area contributed by atoms with Gasteiger partial charge in [0.15, 0.2) is 0 Å². The molecule has 0 nitrogen and oxygen atoms in total. The van der Waals surface area contributed by atoms with Crippen LogP contribution in [0.3, 0.4) is 0 Å². The molecule has 20 heavy (non-hydrogen) atoms. The lowest BCUT2D eigenvalue weighted by atomic mass is 9.72. The SMILES string of the molecule is CC#Cc1cccc(/C=C/C2=C(C)CCCC2(C)C)c1. The average Bonchev–Trinajstić information content (AvgIpc) is 2.38. The van der Waals surface area contributed by atoms with Crippen LogP contribution in [0.1, 0.15) is 58.1 Å². The van der Waals surface area contributed by atoms with Crippen LogP contribution in [-0.4, -0.2) is 0 Å². The smallest absolute Gasteiger partial charge is 0.0251 e. The van der Waals surface area contributed by atoms with Crippen molar-refractivity contribution in [3.8, 4) is 11.8 Å². The van der Waals surface area contributed by atoms with Crippen LogP contribution in [0.5, 0.6) is 0 Å². The standard InChI is InChI=1S/C20H24/c1-5-8-17-10-6-11-18(15-17)12-13-19-16(2)9-7-14-20(19,3)4/h6,10-13,15H,7,9,14H2,1-4H3/b13-12+. The number of hydrogen-bond acceptors (Lipinski definition) is 0. The molecule has 0 spiro atoms. The van der Waals surface area contributed by atoms with Gasteiger partial charge in [0.25, 0.3) is 0 Å². The first-order valence-electron chi connectivity index (χ1n) is 7.44. The second-order valence-corrected chi connectivity index (χ2v) is 6.27. The zero-order valence-electron chi connectivity index (χ0n) is 13.1. The van der Waals surface area contributed by atoms with E-state index in [0.29, 0.717) is 5.41 Å². The van der Waals surface area contributed by atoms with Crippen molar-refractivity contribution in [3.05, 3.63) is 52.6 Å². The Morgan fingerprint density at radius 3 is 2.70 bits per heavy atom. The summed E-state index contributed by atoms with van der Waals surface area (Å²) in [7, 11) is 0. The molecular weight excluding hydrogens is 240 g/mol. The second kappa shape index (κ2) is 6.14. The molecule has 0 amide bonds. The van der Waals surface area contributed by atoms with Crippen LogP contribution >= 0.6 is 0 Å². The molecule has 0 saturated carbocycles. The Hall–Kier alpha value is -1.74. The summed E-state index contributed by atoms with van der Waals surface area (Å²) >= 11 is 0.